The van der Waals surface area contributed by atoms with Crippen LogP contribution in [0.1, 0.15) is 15.9 Å². The van der Waals surface area contributed by atoms with Gasteiger partial charge < -0.3 is 10.1 Å². The lowest BCUT2D eigenvalue weighted by atomic mass is 10.1. The summed E-state index contributed by atoms with van der Waals surface area (Å²) in [5.41, 5.74) is 1.69. The third-order valence-electron chi connectivity index (χ3n) is 2.85. The van der Waals surface area contributed by atoms with Crippen molar-refractivity contribution in [2.24, 2.45) is 0 Å². The van der Waals surface area contributed by atoms with Crippen molar-refractivity contribution < 1.29 is 13.9 Å². The Morgan fingerprint density at radius 3 is 2.65 bits per heavy atom. The zero-order valence-corrected chi connectivity index (χ0v) is 12.6. The van der Waals surface area contributed by atoms with Crippen LogP contribution in [0.15, 0.2) is 40.9 Å². The van der Waals surface area contributed by atoms with E-state index in [9.17, 15) is 9.18 Å². The summed E-state index contributed by atoms with van der Waals surface area (Å²) in [7, 11) is 1.54. The zero-order valence-electron chi connectivity index (χ0n) is 11.0. The lowest BCUT2D eigenvalue weighted by molar-refractivity contribution is 0.102. The van der Waals surface area contributed by atoms with Crippen LogP contribution >= 0.6 is 15.9 Å². The fraction of sp³-hybridized carbons (Fsp3) is 0.133. The summed E-state index contributed by atoms with van der Waals surface area (Å²) in [6, 6.07) is 9.35. The van der Waals surface area contributed by atoms with Gasteiger partial charge in [-0.2, -0.15) is 0 Å². The van der Waals surface area contributed by atoms with Crippen LogP contribution in [0.2, 0.25) is 0 Å². The summed E-state index contributed by atoms with van der Waals surface area (Å²) in [5.74, 6) is -0.0253. The Morgan fingerprint density at radius 2 is 2.00 bits per heavy atom. The number of hydrogen-bond donors (Lipinski definition) is 1. The molecule has 5 heteroatoms. The molecule has 0 heterocycles. The Bertz CT molecular complexity index is 658. The summed E-state index contributed by atoms with van der Waals surface area (Å²) >= 11 is 3.33. The number of nitrogens with one attached hydrogen (secondary N) is 1. The highest BCUT2D eigenvalue weighted by molar-refractivity contribution is 9.10. The van der Waals surface area contributed by atoms with E-state index in [0.29, 0.717) is 27.0 Å². The molecule has 0 bridgehead atoms. The van der Waals surface area contributed by atoms with Crippen LogP contribution in [-0.2, 0) is 0 Å². The number of amides is 1. The third-order valence-corrected chi connectivity index (χ3v) is 3.55. The number of halogens is 2. The van der Waals surface area contributed by atoms with E-state index in [-0.39, 0.29) is 11.7 Å². The van der Waals surface area contributed by atoms with Gasteiger partial charge in [0.2, 0.25) is 0 Å². The second kappa shape index (κ2) is 6.05. The van der Waals surface area contributed by atoms with Crippen molar-refractivity contribution in [3.8, 4) is 5.75 Å². The van der Waals surface area contributed by atoms with Gasteiger partial charge in [0.05, 0.1) is 12.7 Å². The number of anilines is 1. The first-order valence-corrected chi connectivity index (χ1v) is 6.71. The number of hydrogen-bond acceptors (Lipinski definition) is 2. The van der Waals surface area contributed by atoms with E-state index in [2.05, 4.69) is 21.2 Å². The molecule has 0 fully saturated rings. The van der Waals surface area contributed by atoms with Crippen molar-refractivity contribution >= 4 is 27.5 Å². The fourth-order valence-corrected chi connectivity index (χ4v) is 2.19. The molecular formula is C15H13BrFNO2. The lowest BCUT2D eigenvalue weighted by Gasteiger charge is -2.10. The molecule has 0 aromatic heterocycles. The molecule has 2 rings (SSSR count). The molecule has 0 saturated carbocycles. The normalized spacial score (nSPS) is 10.2. The Balaban J connectivity index is 2.28. The van der Waals surface area contributed by atoms with Crippen molar-refractivity contribution in [3.63, 3.8) is 0 Å². The maximum Gasteiger partial charge on any atom is 0.256 e. The van der Waals surface area contributed by atoms with Crippen LogP contribution in [0.3, 0.4) is 0 Å². The number of benzene rings is 2. The molecule has 0 saturated heterocycles. The summed E-state index contributed by atoms with van der Waals surface area (Å²) in [4.78, 5) is 12.2. The van der Waals surface area contributed by atoms with Crippen molar-refractivity contribution in [2.75, 3.05) is 12.4 Å². The monoisotopic (exact) mass is 337 g/mol. The Hall–Kier alpha value is -1.88. The van der Waals surface area contributed by atoms with E-state index in [0.717, 1.165) is 0 Å². The van der Waals surface area contributed by atoms with Crippen molar-refractivity contribution in [1.29, 1.82) is 0 Å². The number of carbonyl (C=O) groups is 1. The van der Waals surface area contributed by atoms with Crippen LogP contribution in [-0.4, -0.2) is 13.0 Å². The zero-order chi connectivity index (χ0) is 14.7. The molecule has 0 aliphatic carbocycles. The number of methoxy groups -OCH3 is 1. The topological polar surface area (TPSA) is 38.3 Å². The molecule has 1 N–H and O–H groups in total. The minimum absolute atomic E-state index is 0.287. The predicted molar refractivity (Wildman–Crippen MR) is 79.8 cm³/mol. The Labute approximate surface area is 124 Å². The average molecular weight is 338 g/mol. The maximum absolute atomic E-state index is 13.0. The number of ether oxygens (including phenoxy) is 1. The SMILES string of the molecule is COc1ccc(Br)c(C(=O)Nc2ccc(F)cc2C)c1. The second-order valence-corrected chi connectivity index (χ2v) is 5.11. The van der Waals surface area contributed by atoms with Crippen LogP contribution in [0.25, 0.3) is 0 Å². The van der Waals surface area contributed by atoms with E-state index in [1.165, 1.54) is 25.3 Å². The first-order valence-electron chi connectivity index (χ1n) is 5.92. The maximum atomic E-state index is 13.0. The third kappa shape index (κ3) is 3.17. The minimum Gasteiger partial charge on any atom is -0.497 e. The highest BCUT2D eigenvalue weighted by Gasteiger charge is 2.12. The van der Waals surface area contributed by atoms with E-state index in [1.807, 2.05) is 0 Å². The highest BCUT2D eigenvalue weighted by atomic mass is 79.9. The van der Waals surface area contributed by atoms with E-state index >= 15 is 0 Å². The van der Waals surface area contributed by atoms with Gasteiger partial charge in [-0.15, -0.1) is 0 Å². The van der Waals surface area contributed by atoms with Crippen LogP contribution in [0.5, 0.6) is 5.75 Å². The highest BCUT2D eigenvalue weighted by Crippen LogP contribution is 2.24. The largest absolute Gasteiger partial charge is 0.497 e. The van der Waals surface area contributed by atoms with Gasteiger partial charge in [0, 0.05) is 10.2 Å². The van der Waals surface area contributed by atoms with Crippen molar-refractivity contribution in [2.45, 2.75) is 6.92 Å². The van der Waals surface area contributed by atoms with Crippen LogP contribution in [0.4, 0.5) is 10.1 Å². The summed E-state index contributed by atoms with van der Waals surface area (Å²) in [5, 5.41) is 2.75. The number of rotatable bonds is 3. The predicted octanol–water partition coefficient (Wildman–Crippen LogP) is 4.16. The summed E-state index contributed by atoms with van der Waals surface area (Å²) < 4.78 is 18.8. The lowest BCUT2D eigenvalue weighted by Crippen LogP contribution is -2.13. The van der Waals surface area contributed by atoms with Gasteiger partial charge in [-0.1, -0.05) is 0 Å². The molecule has 0 radical (unpaired) electrons. The van der Waals surface area contributed by atoms with Crippen molar-refractivity contribution in [1.82, 2.24) is 0 Å². The van der Waals surface area contributed by atoms with E-state index in [4.69, 9.17) is 4.74 Å². The quantitative estimate of drug-likeness (QED) is 0.913. The van der Waals surface area contributed by atoms with Gasteiger partial charge in [0.15, 0.2) is 0 Å². The molecule has 0 spiro atoms. The van der Waals surface area contributed by atoms with Gasteiger partial charge >= 0.3 is 0 Å². The fourth-order valence-electron chi connectivity index (χ4n) is 1.76. The molecule has 2 aromatic carbocycles. The molecule has 0 aliphatic rings. The van der Waals surface area contributed by atoms with Crippen molar-refractivity contribution in [3.05, 3.63) is 57.8 Å². The molecule has 20 heavy (non-hydrogen) atoms. The van der Waals surface area contributed by atoms with E-state index in [1.54, 1.807) is 25.1 Å². The minimum atomic E-state index is -0.331. The van der Waals surface area contributed by atoms with Crippen LogP contribution in [0, 0.1) is 12.7 Å². The standard InChI is InChI=1S/C15H13BrFNO2/c1-9-7-10(17)3-6-14(9)18-15(19)12-8-11(20-2)4-5-13(12)16/h3-8H,1-2H3,(H,18,19). The molecule has 0 atom stereocenters. The average Bonchev–Trinajstić information content (AvgIpc) is 2.42. The molecule has 104 valence electrons. The van der Waals surface area contributed by atoms with Gasteiger partial charge in [-0.25, -0.2) is 4.39 Å². The first-order chi connectivity index (χ1) is 9.51. The molecule has 3 nitrogen and oxygen atoms in total. The van der Waals surface area contributed by atoms with Gasteiger partial charge in [-0.3, -0.25) is 4.79 Å². The molecule has 2 aromatic rings. The molecule has 1 amide bonds. The van der Waals surface area contributed by atoms with Gasteiger partial charge in [0.1, 0.15) is 11.6 Å². The van der Waals surface area contributed by atoms with Crippen LogP contribution < -0.4 is 10.1 Å². The Morgan fingerprint density at radius 1 is 1.25 bits per heavy atom. The molecule has 0 aliphatic heterocycles. The number of carbonyl (C=O) groups excluding carboxylic acids is 1. The molecule has 0 unspecified atom stereocenters. The van der Waals surface area contributed by atoms with Gasteiger partial charge in [-0.05, 0) is 64.8 Å². The summed E-state index contributed by atoms with van der Waals surface area (Å²) in [6.45, 7) is 1.74. The smallest absolute Gasteiger partial charge is 0.256 e. The second-order valence-electron chi connectivity index (χ2n) is 4.26. The summed E-state index contributed by atoms with van der Waals surface area (Å²) in [6.07, 6.45) is 0. The Kier molecular flexibility index (Phi) is 4.39. The van der Waals surface area contributed by atoms with E-state index < -0.39 is 0 Å². The molecular weight excluding hydrogens is 325 g/mol. The van der Waals surface area contributed by atoms with Gasteiger partial charge in [0.25, 0.3) is 5.91 Å². The first kappa shape index (κ1) is 14.5. The number of aryl methyl sites for hydroxylation is 1.